The first kappa shape index (κ1) is 16.4. The summed E-state index contributed by atoms with van der Waals surface area (Å²) >= 11 is 0. The van der Waals surface area contributed by atoms with Gasteiger partial charge in [0.1, 0.15) is 5.76 Å². The first-order valence-corrected chi connectivity index (χ1v) is 8.75. The summed E-state index contributed by atoms with van der Waals surface area (Å²) in [5.41, 5.74) is 0.769. The second kappa shape index (κ2) is 6.65. The fourth-order valence-corrected chi connectivity index (χ4v) is 3.88. The van der Waals surface area contributed by atoms with Crippen LogP contribution in [0.5, 0.6) is 0 Å². The van der Waals surface area contributed by atoms with E-state index in [1.807, 2.05) is 13.0 Å². The number of furan rings is 1. The highest BCUT2D eigenvalue weighted by Gasteiger charge is 2.43. The van der Waals surface area contributed by atoms with Gasteiger partial charge in [0, 0.05) is 38.3 Å². The van der Waals surface area contributed by atoms with Crippen LogP contribution in [0.3, 0.4) is 0 Å². The van der Waals surface area contributed by atoms with Crippen LogP contribution >= 0.6 is 0 Å². The minimum atomic E-state index is -0.182. The smallest absolute Gasteiger partial charge is 0.287 e. The van der Waals surface area contributed by atoms with Crippen molar-refractivity contribution in [3.63, 3.8) is 0 Å². The summed E-state index contributed by atoms with van der Waals surface area (Å²) in [6.07, 6.45) is 4.14. The molecule has 4 rings (SSSR count). The quantitative estimate of drug-likeness (QED) is 0.914. The number of aryl methyl sites for hydroxylation is 1. The molecule has 0 aromatic carbocycles. The third-order valence-corrected chi connectivity index (χ3v) is 5.03. The van der Waals surface area contributed by atoms with Gasteiger partial charge < -0.3 is 19.0 Å². The Labute approximate surface area is 146 Å². The summed E-state index contributed by atoms with van der Waals surface area (Å²) in [6, 6.07) is 5.49. The van der Waals surface area contributed by atoms with E-state index >= 15 is 0 Å². The molecule has 2 saturated heterocycles. The molecule has 4 heterocycles. The van der Waals surface area contributed by atoms with E-state index < -0.39 is 0 Å². The number of aromatic nitrogens is 1. The predicted molar refractivity (Wildman–Crippen MR) is 89.0 cm³/mol. The maximum Gasteiger partial charge on any atom is 0.287 e. The number of carbonyl (C=O) groups is 1. The van der Waals surface area contributed by atoms with Crippen LogP contribution in [0.4, 0.5) is 0 Å². The summed E-state index contributed by atoms with van der Waals surface area (Å²) in [5.74, 6) is 1.04. The van der Waals surface area contributed by atoms with Gasteiger partial charge >= 0.3 is 0 Å². The van der Waals surface area contributed by atoms with Crippen LogP contribution in [0.25, 0.3) is 0 Å². The molecule has 0 bridgehead atoms. The molecule has 0 unspecified atom stereocenters. The van der Waals surface area contributed by atoms with Crippen LogP contribution in [0.1, 0.15) is 41.3 Å². The average molecular weight is 345 g/mol. The molecule has 2 aromatic rings. The van der Waals surface area contributed by atoms with E-state index in [1.165, 1.54) is 6.26 Å². The van der Waals surface area contributed by atoms with E-state index in [2.05, 4.69) is 15.4 Å². The highest BCUT2D eigenvalue weighted by molar-refractivity contribution is 5.91. The fourth-order valence-electron chi connectivity index (χ4n) is 3.88. The van der Waals surface area contributed by atoms with Crippen molar-refractivity contribution in [3.05, 3.63) is 41.7 Å². The van der Waals surface area contributed by atoms with Gasteiger partial charge in [-0.05, 0) is 38.3 Å². The van der Waals surface area contributed by atoms with Gasteiger partial charge in [0.2, 0.25) is 0 Å². The van der Waals surface area contributed by atoms with Crippen LogP contribution in [-0.4, -0.2) is 47.3 Å². The van der Waals surface area contributed by atoms with Crippen LogP contribution in [-0.2, 0) is 11.3 Å². The number of hydrogen-bond donors (Lipinski definition) is 1. The lowest BCUT2D eigenvalue weighted by atomic mass is 9.89. The van der Waals surface area contributed by atoms with Crippen molar-refractivity contribution in [2.45, 2.75) is 44.4 Å². The third-order valence-electron chi connectivity index (χ3n) is 5.03. The SMILES string of the molecule is Cc1cc(CN2CC[C@]3(C[C@@H](NC(=O)c4ccco4)CCO3)C2)no1. The monoisotopic (exact) mass is 345 g/mol. The molecule has 2 aromatic heterocycles. The van der Waals surface area contributed by atoms with Crippen molar-refractivity contribution in [2.75, 3.05) is 19.7 Å². The summed E-state index contributed by atoms with van der Waals surface area (Å²) in [4.78, 5) is 14.6. The lowest BCUT2D eigenvalue weighted by Gasteiger charge is -2.38. The van der Waals surface area contributed by atoms with Gasteiger partial charge in [-0.3, -0.25) is 9.69 Å². The van der Waals surface area contributed by atoms with Crippen LogP contribution in [0.2, 0.25) is 0 Å². The topological polar surface area (TPSA) is 80.7 Å². The zero-order chi connectivity index (χ0) is 17.3. The molecule has 1 N–H and O–H groups in total. The van der Waals surface area contributed by atoms with E-state index in [4.69, 9.17) is 13.7 Å². The number of likely N-dealkylation sites (tertiary alicyclic amines) is 1. The molecule has 0 radical (unpaired) electrons. The van der Waals surface area contributed by atoms with Gasteiger partial charge in [-0.2, -0.15) is 0 Å². The van der Waals surface area contributed by atoms with Crippen molar-refractivity contribution in [3.8, 4) is 0 Å². The van der Waals surface area contributed by atoms with Crippen molar-refractivity contribution >= 4 is 5.91 Å². The van der Waals surface area contributed by atoms with Gasteiger partial charge in [-0.15, -0.1) is 0 Å². The summed E-state index contributed by atoms with van der Waals surface area (Å²) in [7, 11) is 0. The van der Waals surface area contributed by atoms with Gasteiger partial charge in [-0.1, -0.05) is 5.16 Å². The van der Waals surface area contributed by atoms with E-state index in [0.29, 0.717) is 12.4 Å². The first-order chi connectivity index (χ1) is 12.1. The standard InChI is InChI=1S/C18H23N3O4/c1-13-9-15(20-25-13)11-21-6-5-18(12-21)10-14(4-8-24-18)19-17(22)16-3-2-7-23-16/h2-3,7,9,14H,4-6,8,10-12H2,1H3,(H,19,22)/t14-,18-/m0/s1. The Kier molecular flexibility index (Phi) is 4.35. The maximum absolute atomic E-state index is 12.2. The van der Waals surface area contributed by atoms with Gasteiger partial charge in [0.05, 0.1) is 17.6 Å². The second-order valence-corrected chi connectivity index (χ2v) is 7.06. The molecule has 2 fully saturated rings. The Hall–Kier alpha value is -2.12. The van der Waals surface area contributed by atoms with E-state index in [0.717, 1.165) is 50.4 Å². The highest BCUT2D eigenvalue weighted by atomic mass is 16.5. The molecule has 7 heteroatoms. The highest BCUT2D eigenvalue weighted by Crippen LogP contribution is 2.35. The third kappa shape index (κ3) is 3.62. The van der Waals surface area contributed by atoms with E-state index in [-0.39, 0.29) is 17.6 Å². The number of amides is 1. The number of hydrogen-bond acceptors (Lipinski definition) is 6. The lowest BCUT2D eigenvalue weighted by Crippen LogP contribution is -2.49. The van der Waals surface area contributed by atoms with Gasteiger partial charge in [-0.25, -0.2) is 0 Å². The van der Waals surface area contributed by atoms with Crippen molar-refractivity contribution < 1.29 is 18.5 Å². The van der Waals surface area contributed by atoms with E-state index in [1.54, 1.807) is 12.1 Å². The molecular formula is C18H23N3O4. The van der Waals surface area contributed by atoms with Crippen LogP contribution < -0.4 is 5.32 Å². The molecule has 0 saturated carbocycles. The average Bonchev–Trinajstić information content (AvgIpc) is 3.31. The summed E-state index contributed by atoms with van der Waals surface area (Å²) < 4.78 is 16.5. The van der Waals surface area contributed by atoms with Crippen molar-refractivity contribution in [1.29, 1.82) is 0 Å². The molecule has 134 valence electrons. The minimum absolute atomic E-state index is 0.112. The van der Waals surface area contributed by atoms with Gasteiger partial charge in [0.25, 0.3) is 5.91 Å². The molecule has 7 nitrogen and oxygen atoms in total. The number of nitrogens with zero attached hydrogens (tertiary/aromatic N) is 2. The van der Waals surface area contributed by atoms with Crippen molar-refractivity contribution in [2.24, 2.45) is 0 Å². The Morgan fingerprint density at radius 3 is 3.20 bits per heavy atom. The molecule has 2 aliphatic rings. The summed E-state index contributed by atoms with van der Waals surface area (Å²) in [5, 5.41) is 7.15. The molecule has 1 spiro atoms. The molecule has 0 aliphatic carbocycles. The fraction of sp³-hybridized carbons (Fsp3) is 0.556. The zero-order valence-electron chi connectivity index (χ0n) is 14.4. The lowest BCUT2D eigenvalue weighted by molar-refractivity contribution is -0.0794. The summed E-state index contributed by atoms with van der Waals surface area (Å²) in [6.45, 7) is 5.15. The Bertz CT molecular complexity index is 727. The molecule has 2 aliphatic heterocycles. The Morgan fingerprint density at radius 1 is 1.52 bits per heavy atom. The zero-order valence-corrected chi connectivity index (χ0v) is 14.4. The minimum Gasteiger partial charge on any atom is -0.459 e. The number of carbonyl (C=O) groups excluding carboxylic acids is 1. The molecule has 2 atom stereocenters. The first-order valence-electron chi connectivity index (χ1n) is 8.75. The number of ether oxygens (including phenoxy) is 1. The number of nitrogens with one attached hydrogen (secondary N) is 1. The largest absolute Gasteiger partial charge is 0.459 e. The van der Waals surface area contributed by atoms with Crippen molar-refractivity contribution in [1.82, 2.24) is 15.4 Å². The molecule has 1 amide bonds. The number of rotatable bonds is 4. The second-order valence-electron chi connectivity index (χ2n) is 7.06. The molecule has 25 heavy (non-hydrogen) atoms. The van der Waals surface area contributed by atoms with Gasteiger partial charge in [0.15, 0.2) is 5.76 Å². The molecular weight excluding hydrogens is 322 g/mol. The van der Waals surface area contributed by atoms with E-state index in [9.17, 15) is 4.79 Å². The van der Waals surface area contributed by atoms with Crippen LogP contribution in [0, 0.1) is 6.92 Å². The predicted octanol–water partition coefficient (Wildman–Crippen LogP) is 2.13. The normalized spacial score (nSPS) is 27.0. The van der Waals surface area contributed by atoms with Crippen LogP contribution in [0.15, 0.2) is 33.4 Å². The maximum atomic E-state index is 12.2. The Balaban J connectivity index is 1.35. The Morgan fingerprint density at radius 2 is 2.44 bits per heavy atom.